The molecule has 0 N–H and O–H groups in total. The fraction of sp³-hybridized carbons (Fsp3) is 0.828. The molecule has 0 aliphatic carbocycles. The van der Waals surface area contributed by atoms with Gasteiger partial charge < -0.3 is 14.2 Å². The highest BCUT2D eigenvalue weighted by Crippen LogP contribution is 2.17. The van der Waals surface area contributed by atoms with Crippen molar-refractivity contribution in [3.05, 3.63) is 48.6 Å². The molecular weight excluding hydrogens is 865 g/mol. The van der Waals surface area contributed by atoms with Crippen molar-refractivity contribution in [2.75, 3.05) is 13.2 Å². The Morgan fingerprint density at radius 3 is 0.871 bits per heavy atom. The summed E-state index contributed by atoms with van der Waals surface area (Å²) in [5.41, 5.74) is 0. The fourth-order valence-electron chi connectivity index (χ4n) is 9.02. The minimum Gasteiger partial charge on any atom is -0.462 e. The number of hydrogen-bond acceptors (Lipinski definition) is 6. The second kappa shape index (κ2) is 58.9. The summed E-state index contributed by atoms with van der Waals surface area (Å²) in [7, 11) is 0. The molecule has 0 spiro atoms. The minimum absolute atomic E-state index is 0.0754. The summed E-state index contributed by atoms with van der Waals surface area (Å²) < 4.78 is 16.8. The first kappa shape index (κ1) is 67.4. The predicted octanol–water partition coefficient (Wildman–Crippen LogP) is 20.6. The molecule has 0 aromatic heterocycles. The topological polar surface area (TPSA) is 78.9 Å². The van der Waals surface area contributed by atoms with Crippen molar-refractivity contribution in [3.8, 4) is 0 Å². The number of carbonyl (C=O) groups is 3. The number of hydrogen-bond donors (Lipinski definition) is 0. The van der Waals surface area contributed by atoms with E-state index in [1.54, 1.807) is 0 Å². The average Bonchev–Trinajstić information content (AvgIpc) is 3.36. The molecule has 0 fully saturated rings. The lowest BCUT2D eigenvalue weighted by Gasteiger charge is -2.18. The van der Waals surface area contributed by atoms with Crippen molar-refractivity contribution in [1.82, 2.24) is 0 Å². The highest BCUT2D eigenvalue weighted by Gasteiger charge is 2.19. The number of esters is 3. The van der Waals surface area contributed by atoms with Crippen LogP contribution in [0, 0.1) is 0 Å². The first-order chi connectivity index (χ1) is 34.5. The van der Waals surface area contributed by atoms with Crippen LogP contribution in [0.2, 0.25) is 0 Å². The predicted molar refractivity (Wildman–Crippen MR) is 302 cm³/mol. The van der Waals surface area contributed by atoms with E-state index >= 15 is 0 Å². The van der Waals surface area contributed by atoms with Crippen LogP contribution in [0.25, 0.3) is 0 Å². The molecule has 70 heavy (non-hydrogen) atoms. The van der Waals surface area contributed by atoms with Gasteiger partial charge >= 0.3 is 17.9 Å². The average molecular weight is 982 g/mol. The molecule has 0 amide bonds. The van der Waals surface area contributed by atoms with Crippen LogP contribution in [0.1, 0.15) is 323 Å². The standard InChI is InChI=1S/C64H116O6/c1-4-7-10-13-16-18-20-22-24-26-28-29-30-31-32-33-34-36-37-39-41-43-45-48-51-54-57-63(66)69-60-61(59-68-62(65)56-53-50-47-15-12-9-6-3)70-64(67)58-55-52-49-46-44-42-40-38-35-27-25-23-21-19-17-14-11-8-5-2/h8,11,17,19,23,25,35,38,61H,4-7,9-10,12-16,18,20-22,24,26-34,36-37,39-60H2,1-3H3/b11-8-,19-17-,25-23-,38-35-. The quantitative estimate of drug-likeness (QED) is 0.0261. The van der Waals surface area contributed by atoms with Crippen molar-refractivity contribution in [2.45, 2.75) is 329 Å². The third-order valence-corrected chi connectivity index (χ3v) is 13.6. The number of unbranched alkanes of at least 4 members (excludes halogenated alkanes) is 37. The van der Waals surface area contributed by atoms with Gasteiger partial charge in [0, 0.05) is 19.3 Å². The van der Waals surface area contributed by atoms with Crippen LogP contribution in [0.4, 0.5) is 0 Å². The molecule has 0 aromatic rings. The van der Waals surface area contributed by atoms with Crippen LogP contribution in [0.3, 0.4) is 0 Å². The van der Waals surface area contributed by atoms with Gasteiger partial charge in [-0.1, -0.05) is 294 Å². The summed E-state index contributed by atoms with van der Waals surface area (Å²) in [4.78, 5) is 38.0. The molecule has 1 unspecified atom stereocenters. The maximum Gasteiger partial charge on any atom is 0.306 e. The Hall–Kier alpha value is -2.63. The summed E-state index contributed by atoms with van der Waals surface area (Å²) in [5, 5.41) is 0. The van der Waals surface area contributed by atoms with E-state index in [0.717, 1.165) is 96.3 Å². The monoisotopic (exact) mass is 981 g/mol. The highest BCUT2D eigenvalue weighted by atomic mass is 16.6. The van der Waals surface area contributed by atoms with Crippen LogP contribution < -0.4 is 0 Å². The van der Waals surface area contributed by atoms with Gasteiger partial charge in [0.25, 0.3) is 0 Å². The van der Waals surface area contributed by atoms with Crippen LogP contribution >= 0.6 is 0 Å². The van der Waals surface area contributed by atoms with E-state index in [0.29, 0.717) is 19.3 Å². The van der Waals surface area contributed by atoms with E-state index < -0.39 is 6.10 Å². The van der Waals surface area contributed by atoms with Gasteiger partial charge in [0.2, 0.25) is 0 Å². The van der Waals surface area contributed by atoms with Crippen LogP contribution in [-0.4, -0.2) is 37.2 Å². The summed E-state index contributed by atoms with van der Waals surface area (Å²) in [6.07, 6.45) is 72.9. The van der Waals surface area contributed by atoms with Crippen molar-refractivity contribution in [3.63, 3.8) is 0 Å². The first-order valence-electron chi connectivity index (χ1n) is 30.6. The molecule has 6 nitrogen and oxygen atoms in total. The molecule has 1 atom stereocenters. The SMILES string of the molecule is CC/C=C\C/C=C\C/C=C\C/C=C\CCCCCCCCC(=O)OC(COC(=O)CCCCCCCCC)COC(=O)CCCCCCCCCCCCCCCCCCCCCCCCCCCC. The lowest BCUT2D eigenvalue weighted by Crippen LogP contribution is -2.30. The summed E-state index contributed by atoms with van der Waals surface area (Å²) in [6.45, 7) is 6.52. The van der Waals surface area contributed by atoms with Gasteiger partial charge in [0.15, 0.2) is 6.10 Å². The van der Waals surface area contributed by atoms with Gasteiger partial charge in [-0.25, -0.2) is 0 Å². The summed E-state index contributed by atoms with van der Waals surface area (Å²) >= 11 is 0. The molecule has 0 bridgehead atoms. The zero-order valence-corrected chi connectivity index (χ0v) is 46.8. The van der Waals surface area contributed by atoms with Gasteiger partial charge in [-0.05, 0) is 57.8 Å². The van der Waals surface area contributed by atoms with E-state index in [4.69, 9.17) is 14.2 Å². The molecule has 0 rings (SSSR count). The largest absolute Gasteiger partial charge is 0.462 e. The second-order valence-corrected chi connectivity index (χ2v) is 20.6. The molecular formula is C64H116O6. The Morgan fingerprint density at radius 1 is 0.300 bits per heavy atom. The van der Waals surface area contributed by atoms with Crippen molar-refractivity contribution < 1.29 is 28.6 Å². The smallest absolute Gasteiger partial charge is 0.306 e. The molecule has 0 aliphatic heterocycles. The van der Waals surface area contributed by atoms with Crippen LogP contribution in [0.15, 0.2) is 48.6 Å². The Bertz CT molecular complexity index is 1220. The molecule has 6 heteroatoms. The molecule has 0 aliphatic rings. The normalized spacial score (nSPS) is 12.3. The zero-order valence-electron chi connectivity index (χ0n) is 46.8. The first-order valence-corrected chi connectivity index (χ1v) is 30.6. The van der Waals surface area contributed by atoms with Gasteiger partial charge in [0.1, 0.15) is 13.2 Å². The maximum atomic E-state index is 12.8. The number of carbonyl (C=O) groups excluding carboxylic acids is 3. The Balaban J connectivity index is 4.10. The number of rotatable bonds is 56. The van der Waals surface area contributed by atoms with E-state index in [1.165, 1.54) is 186 Å². The van der Waals surface area contributed by atoms with E-state index in [9.17, 15) is 14.4 Å². The van der Waals surface area contributed by atoms with E-state index in [-0.39, 0.29) is 31.1 Å². The van der Waals surface area contributed by atoms with Crippen molar-refractivity contribution in [1.29, 1.82) is 0 Å². The Labute approximate surface area is 435 Å². The van der Waals surface area contributed by atoms with Gasteiger partial charge in [-0.3, -0.25) is 14.4 Å². The third-order valence-electron chi connectivity index (χ3n) is 13.6. The van der Waals surface area contributed by atoms with Crippen LogP contribution in [0.5, 0.6) is 0 Å². The summed E-state index contributed by atoms with van der Waals surface area (Å²) in [6, 6.07) is 0. The second-order valence-electron chi connectivity index (χ2n) is 20.6. The lowest BCUT2D eigenvalue weighted by atomic mass is 10.0. The number of allylic oxidation sites excluding steroid dienone is 8. The molecule has 0 radical (unpaired) electrons. The molecule has 408 valence electrons. The molecule has 0 saturated heterocycles. The maximum absolute atomic E-state index is 12.8. The summed E-state index contributed by atoms with van der Waals surface area (Å²) in [5.74, 6) is -0.880. The third kappa shape index (κ3) is 56.3. The fourth-order valence-corrected chi connectivity index (χ4v) is 9.02. The Kier molecular flexibility index (Phi) is 56.7. The number of ether oxygens (including phenoxy) is 3. The molecule has 0 saturated carbocycles. The van der Waals surface area contributed by atoms with E-state index in [2.05, 4.69) is 69.4 Å². The van der Waals surface area contributed by atoms with E-state index in [1.807, 2.05) is 0 Å². The Morgan fingerprint density at radius 2 is 0.557 bits per heavy atom. The van der Waals surface area contributed by atoms with Crippen LogP contribution in [-0.2, 0) is 28.6 Å². The molecule has 0 heterocycles. The lowest BCUT2D eigenvalue weighted by molar-refractivity contribution is -0.167. The molecule has 0 aromatic carbocycles. The zero-order chi connectivity index (χ0) is 50.7. The van der Waals surface area contributed by atoms with Crippen molar-refractivity contribution in [2.24, 2.45) is 0 Å². The van der Waals surface area contributed by atoms with Crippen molar-refractivity contribution >= 4 is 17.9 Å². The minimum atomic E-state index is -0.776. The highest BCUT2D eigenvalue weighted by molar-refractivity contribution is 5.71. The van der Waals surface area contributed by atoms with Gasteiger partial charge in [-0.15, -0.1) is 0 Å². The van der Waals surface area contributed by atoms with Gasteiger partial charge in [-0.2, -0.15) is 0 Å². The van der Waals surface area contributed by atoms with Gasteiger partial charge in [0.05, 0.1) is 0 Å².